The van der Waals surface area contributed by atoms with Gasteiger partial charge in [-0.1, -0.05) is 29.1 Å². The SMILES string of the molecule is CC#CCNC(C)c1cc(F)c(Cl)cc1Cl. The van der Waals surface area contributed by atoms with Crippen molar-refractivity contribution in [2.75, 3.05) is 6.54 Å². The van der Waals surface area contributed by atoms with Crippen molar-refractivity contribution < 1.29 is 4.39 Å². The molecule has 0 saturated carbocycles. The maximum atomic E-state index is 13.3. The van der Waals surface area contributed by atoms with Crippen molar-refractivity contribution >= 4 is 23.2 Å². The quantitative estimate of drug-likeness (QED) is 0.643. The van der Waals surface area contributed by atoms with Crippen LogP contribution in [0.4, 0.5) is 4.39 Å². The van der Waals surface area contributed by atoms with Crippen LogP contribution in [-0.2, 0) is 0 Å². The van der Waals surface area contributed by atoms with E-state index in [0.717, 1.165) is 0 Å². The van der Waals surface area contributed by atoms with E-state index in [1.807, 2.05) is 6.92 Å². The molecule has 0 aromatic heterocycles. The predicted octanol–water partition coefficient (Wildman–Crippen LogP) is 3.81. The maximum absolute atomic E-state index is 13.3. The molecule has 0 aliphatic carbocycles. The summed E-state index contributed by atoms with van der Waals surface area (Å²) in [6, 6.07) is 2.69. The number of hydrogen-bond acceptors (Lipinski definition) is 1. The summed E-state index contributed by atoms with van der Waals surface area (Å²) in [4.78, 5) is 0. The summed E-state index contributed by atoms with van der Waals surface area (Å²) < 4.78 is 13.3. The van der Waals surface area contributed by atoms with Crippen LogP contribution in [0.2, 0.25) is 10.0 Å². The second kappa shape index (κ2) is 6.10. The van der Waals surface area contributed by atoms with Gasteiger partial charge in [0.15, 0.2) is 0 Å². The minimum absolute atomic E-state index is 0.0364. The Hall–Kier alpha value is -0.750. The predicted molar refractivity (Wildman–Crippen MR) is 66.3 cm³/mol. The lowest BCUT2D eigenvalue weighted by molar-refractivity contribution is 0.598. The molecule has 0 amide bonds. The molecule has 0 radical (unpaired) electrons. The maximum Gasteiger partial charge on any atom is 0.142 e. The highest BCUT2D eigenvalue weighted by atomic mass is 35.5. The molecule has 1 N–H and O–H groups in total. The summed E-state index contributed by atoms with van der Waals surface area (Å²) in [7, 11) is 0. The van der Waals surface area contributed by atoms with E-state index in [0.29, 0.717) is 17.1 Å². The molecule has 4 heteroatoms. The highest BCUT2D eigenvalue weighted by Gasteiger charge is 2.12. The second-order valence-electron chi connectivity index (χ2n) is 3.32. The first kappa shape index (κ1) is 13.3. The van der Waals surface area contributed by atoms with E-state index < -0.39 is 5.82 Å². The van der Waals surface area contributed by atoms with Crippen LogP contribution in [0.15, 0.2) is 12.1 Å². The van der Waals surface area contributed by atoms with Crippen LogP contribution in [0.3, 0.4) is 0 Å². The van der Waals surface area contributed by atoms with E-state index in [2.05, 4.69) is 17.2 Å². The van der Waals surface area contributed by atoms with Gasteiger partial charge in [0.05, 0.1) is 11.6 Å². The molecular formula is C12H12Cl2FN. The van der Waals surface area contributed by atoms with E-state index in [9.17, 15) is 4.39 Å². The molecule has 1 aromatic rings. The molecule has 1 atom stereocenters. The van der Waals surface area contributed by atoms with E-state index in [-0.39, 0.29) is 11.1 Å². The van der Waals surface area contributed by atoms with E-state index >= 15 is 0 Å². The number of benzene rings is 1. The molecule has 1 unspecified atom stereocenters. The van der Waals surface area contributed by atoms with Gasteiger partial charge < -0.3 is 0 Å². The minimum Gasteiger partial charge on any atom is -0.300 e. The summed E-state index contributed by atoms with van der Waals surface area (Å²) in [5.74, 6) is 5.18. The molecule has 86 valence electrons. The van der Waals surface area contributed by atoms with Crippen molar-refractivity contribution in [3.05, 3.63) is 33.6 Å². The first-order chi connectivity index (χ1) is 7.56. The minimum atomic E-state index is -0.462. The lowest BCUT2D eigenvalue weighted by atomic mass is 10.1. The number of nitrogens with one attached hydrogen (secondary N) is 1. The van der Waals surface area contributed by atoms with Gasteiger partial charge in [-0.15, -0.1) is 5.92 Å². The second-order valence-corrected chi connectivity index (χ2v) is 4.13. The average Bonchev–Trinajstić information content (AvgIpc) is 2.23. The zero-order valence-electron chi connectivity index (χ0n) is 9.07. The van der Waals surface area contributed by atoms with Gasteiger partial charge in [-0.2, -0.15) is 0 Å². The monoisotopic (exact) mass is 259 g/mol. The largest absolute Gasteiger partial charge is 0.300 e. The van der Waals surface area contributed by atoms with Crippen LogP contribution in [0.25, 0.3) is 0 Å². The summed E-state index contributed by atoms with van der Waals surface area (Å²) >= 11 is 11.6. The third-order valence-electron chi connectivity index (χ3n) is 2.18. The van der Waals surface area contributed by atoms with Crippen molar-refractivity contribution in [3.63, 3.8) is 0 Å². The molecule has 16 heavy (non-hydrogen) atoms. The van der Waals surface area contributed by atoms with Crippen LogP contribution < -0.4 is 5.32 Å². The molecule has 0 spiro atoms. The van der Waals surface area contributed by atoms with Crippen molar-refractivity contribution in [3.8, 4) is 11.8 Å². The van der Waals surface area contributed by atoms with Gasteiger partial charge in [0, 0.05) is 11.1 Å². The summed E-state index contributed by atoms with van der Waals surface area (Å²) in [5.41, 5.74) is 0.682. The van der Waals surface area contributed by atoms with Crippen molar-refractivity contribution in [1.82, 2.24) is 5.32 Å². The van der Waals surface area contributed by atoms with E-state index in [1.54, 1.807) is 6.92 Å². The fourth-order valence-corrected chi connectivity index (χ4v) is 1.82. The van der Waals surface area contributed by atoms with Crippen LogP contribution in [0.5, 0.6) is 0 Å². The third-order valence-corrected chi connectivity index (χ3v) is 2.80. The average molecular weight is 260 g/mol. The van der Waals surface area contributed by atoms with Crippen LogP contribution >= 0.6 is 23.2 Å². The molecule has 0 aliphatic heterocycles. The van der Waals surface area contributed by atoms with Crippen molar-refractivity contribution in [1.29, 1.82) is 0 Å². The topological polar surface area (TPSA) is 12.0 Å². The molecule has 1 nitrogen and oxygen atoms in total. The first-order valence-corrected chi connectivity index (χ1v) is 5.59. The Bertz CT molecular complexity index is 435. The number of rotatable bonds is 3. The smallest absolute Gasteiger partial charge is 0.142 e. The molecule has 1 rings (SSSR count). The molecule has 0 fully saturated rings. The zero-order valence-corrected chi connectivity index (χ0v) is 10.6. The fourth-order valence-electron chi connectivity index (χ4n) is 1.27. The lowest BCUT2D eigenvalue weighted by Crippen LogP contribution is -2.19. The van der Waals surface area contributed by atoms with Gasteiger partial charge in [0.1, 0.15) is 5.82 Å². The molecular weight excluding hydrogens is 248 g/mol. The standard InChI is InChI=1S/C12H12Cl2FN/c1-3-4-5-16-8(2)9-6-12(15)11(14)7-10(9)13/h6-8,16H,5H2,1-2H3. The Morgan fingerprint density at radius 3 is 2.69 bits per heavy atom. The van der Waals surface area contributed by atoms with Crippen molar-refractivity contribution in [2.45, 2.75) is 19.9 Å². The lowest BCUT2D eigenvalue weighted by Gasteiger charge is -2.14. The van der Waals surface area contributed by atoms with Gasteiger partial charge in [0.25, 0.3) is 0 Å². The molecule has 0 heterocycles. The van der Waals surface area contributed by atoms with Gasteiger partial charge in [-0.25, -0.2) is 4.39 Å². The molecule has 0 bridgehead atoms. The highest BCUT2D eigenvalue weighted by Crippen LogP contribution is 2.28. The summed E-state index contributed by atoms with van der Waals surface area (Å²) in [6.45, 7) is 4.20. The Kier molecular flexibility index (Phi) is 5.08. The van der Waals surface area contributed by atoms with E-state index in [1.165, 1.54) is 12.1 Å². The summed E-state index contributed by atoms with van der Waals surface area (Å²) in [5, 5.41) is 3.61. The zero-order chi connectivity index (χ0) is 12.1. The molecule has 0 aliphatic rings. The Labute approximate surface area is 105 Å². The highest BCUT2D eigenvalue weighted by molar-refractivity contribution is 6.35. The summed E-state index contributed by atoms with van der Waals surface area (Å²) in [6.07, 6.45) is 0. The van der Waals surface area contributed by atoms with Crippen LogP contribution in [0.1, 0.15) is 25.5 Å². The normalized spacial score (nSPS) is 11.8. The number of halogens is 3. The molecule has 0 saturated heterocycles. The fraction of sp³-hybridized carbons (Fsp3) is 0.333. The Morgan fingerprint density at radius 2 is 2.06 bits per heavy atom. The van der Waals surface area contributed by atoms with Gasteiger partial charge in [-0.05, 0) is 31.5 Å². The Balaban J connectivity index is 2.85. The van der Waals surface area contributed by atoms with Gasteiger partial charge >= 0.3 is 0 Å². The number of hydrogen-bond donors (Lipinski definition) is 1. The van der Waals surface area contributed by atoms with Gasteiger partial charge in [0.2, 0.25) is 0 Å². The molecule has 1 aromatic carbocycles. The van der Waals surface area contributed by atoms with E-state index in [4.69, 9.17) is 23.2 Å². The van der Waals surface area contributed by atoms with Crippen molar-refractivity contribution in [2.24, 2.45) is 0 Å². The van der Waals surface area contributed by atoms with Gasteiger partial charge in [-0.3, -0.25) is 5.32 Å². The van der Waals surface area contributed by atoms with Crippen LogP contribution in [-0.4, -0.2) is 6.54 Å². The third kappa shape index (κ3) is 3.38. The van der Waals surface area contributed by atoms with Crippen LogP contribution in [0, 0.1) is 17.7 Å². The first-order valence-electron chi connectivity index (χ1n) is 4.83. The Morgan fingerprint density at radius 1 is 1.38 bits per heavy atom.